The Labute approximate surface area is 208 Å². The fraction of sp³-hybridized carbons (Fsp3) is 0.840. The molecule has 4 rings (SSSR count). The monoisotopic (exact) mass is 485 g/mol. The number of urea groups is 2. The molecule has 4 heterocycles. The van der Waals surface area contributed by atoms with E-state index in [0.717, 1.165) is 25.9 Å². The fourth-order valence-corrected chi connectivity index (χ4v) is 5.89. The molecule has 35 heavy (non-hydrogen) atoms. The van der Waals surface area contributed by atoms with Crippen LogP contribution in [0.3, 0.4) is 0 Å². The normalized spacial score (nSPS) is 30.1. The van der Waals surface area contributed by atoms with Crippen molar-refractivity contribution in [1.29, 1.82) is 10.5 Å². The van der Waals surface area contributed by atoms with E-state index < -0.39 is 12.1 Å². The molecule has 0 spiro atoms. The number of carbonyl (C=O) groups is 2. The van der Waals surface area contributed by atoms with Gasteiger partial charge in [0.15, 0.2) is 0 Å². The summed E-state index contributed by atoms with van der Waals surface area (Å²) in [4.78, 5) is 35.4. The number of rotatable bonds is 4. The van der Waals surface area contributed by atoms with Gasteiger partial charge >= 0.3 is 12.1 Å². The number of carbonyl (C=O) groups excluding carboxylic acids is 2. The number of piperazine rings is 1. The van der Waals surface area contributed by atoms with Crippen LogP contribution in [0.2, 0.25) is 0 Å². The second kappa shape index (κ2) is 10.6. The zero-order valence-electron chi connectivity index (χ0n) is 21.5. The summed E-state index contributed by atoms with van der Waals surface area (Å²) in [6, 6.07) is 3.80. The quantitative estimate of drug-likeness (QED) is 0.601. The lowest BCUT2D eigenvalue weighted by atomic mass is 9.71. The van der Waals surface area contributed by atoms with Crippen LogP contribution in [0.15, 0.2) is 0 Å². The molecule has 4 saturated heterocycles. The summed E-state index contributed by atoms with van der Waals surface area (Å²) in [5, 5.41) is 19.7. The van der Waals surface area contributed by atoms with Crippen LogP contribution >= 0.6 is 0 Å². The van der Waals surface area contributed by atoms with Crippen LogP contribution in [-0.2, 0) is 4.74 Å². The van der Waals surface area contributed by atoms with E-state index in [0.29, 0.717) is 45.3 Å². The topological polar surface area (TPSA) is 107 Å². The van der Waals surface area contributed by atoms with Gasteiger partial charge in [-0.3, -0.25) is 4.90 Å². The van der Waals surface area contributed by atoms with Crippen LogP contribution in [-0.4, -0.2) is 119 Å². The second-order valence-electron chi connectivity index (χ2n) is 10.8. The first-order valence-electron chi connectivity index (χ1n) is 13.0. The minimum atomic E-state index is -0.542. The molecule has 10 heteroatoms. The zero-order valence-corrected chi connectivity index (χ0v) is 21.5. The summed E-state index contributed by atoms with van der Waals surface area (Å²) in [6.45, 7) is 13.6. The molecule has 4 aliphatic rings. The van der Waals surface area contributed by atoms with Crippen molar-refractivity contribution < 1.29 is 14.3 Å². The van der Waals surface area contributed by atoms with Crippen molar-refractivity contribution >= 4 is 12.1 Å². The maximum atomic E-state index is 13.1. The third-order valence-corrected chi connectivity index (χ3v) is 8.10. The third kappa shape index (κ3) is 5.05. The van der Waals surface area contributed by atoms with Gasteiger partial charge in [0, 0.05) is 70.2 Å². The van der Waals surface area contributed by atoms with Crippen molar-refractivity contribution in [3.05, 3.63) is 0 Å². The van der Waals surface area contributed by atoms with Crippen molar-refractivity contribution in [3.63, 3.8) is 0 Å². The number of nitriles is 2. The van der Waals surface area contributed by atoms with Crippen LogP contribution in [0.5, 0.6) is 0 Å². The number of piperidine rings is 1. The molecule has 192 valence electrons. The van der Waals surface area contributed by atoms with Gasteiger partial charge in [0.2, 0.25) is 0 Å². The molecule has 0 bridgehead atoms. The van der Waals surface area contributed by atoms with Crippen LogP contribution in [0.25, 0.3) is 0 Å². The molecule has 4 aliphatic heterocycles. The molecule has 2 unspecified atom stereocenters. The molecule has 0 aromatic heterocycles. The van der Waals surface area contributed by atoms with Crippen molar-refractivity contribution in [1.82, 2.24) is 24.5 Å². The van der Waals surface area contributed by atoms with Gasteiger partial charge in [-0.2, -0.15) is 10.5 Å². The number of hydrogen-bond acceptors (Lipinski definition) is 6. The summed E-state index contributed by atoms with van der Waals surface area (Å²) in [7, 11) is 0. The summed E-state index contributed by atoms with van der Waals surface area (Å²) >= 11 is 0. The van der Waals surface area contributed by atoms with Gasteiger partial charge in [-0.05, 0) is 40.5 Å². The number of ether oxygens (including phenoxy) is 1. The number of likely N-dealkylation sites (tertiary alicyclic amines) is 3. The summed E-state index contributed by atoms with van der Waals surface area (Å²) in [5.41, 5.74) is 0. The summed E-state index contributed by atoms with van der Waals surface area (Å²) in [5.74, 6) is -0.142. The average Bonchev–Trinajstić information content (AvgIpc) is 2.80. The summed E-state index contributed by atoms with van der Waals surface area (Å²) in [6.07, 6.45) is 1.96. The van der Waals surface area contributed by atoms with Crippen LogP contribution in [0.1, 0.15) is 40.5 Å². The van der Waals surface area contributed by atoms with Crippen molar-refractivity contribution in [2.24, 2.45) is 11.8 Å². The van der Waals surface area contributed by atoms with Gasteiger partial charge in [0.05, 0.1) is 24.3 Å². The highest BCUT2D eigenvalue weighted by Crippen LogP contribution is 2.41. The minimum absolute atomic E-state index is 0.0696. The van der Waals surface area contributed by atoms with E-state index in [-0.39, 0.29) is 36.1 Å². The fourth-order valence-electron chi connectivity index (χ4n) is 5.89. The molecule has 4 fully saturated rings. The Balaban J connectivity index is 1.28. The van der Waals surface area contributed by atoms with Gasteiger partial charge in [-0.1, -0.05) is 0 Å². The number of nitrogens with zero attached hydrogens (tertiary/aromatic N) is 7. The van der Waals surface area contributed by atoms with Crippen LogP contribution < -0.4 is 0 Å². The Morgan fingerprint density at radius 1 is 0.771 bits per heavy atom. The smallest absolute Gasteiger partial charge is 0.321 e. The predicted octanol–water partition coefficient (Wildman–Crippen LogP) is 1.79. The molecule has 0 aromatic carbocycles. The van der Waals surface area contributed by atoms with Crippen LogP contribution in [0.4, 0.5) is 9.59 Å². The summed E-state index contributed by atoms with van der Waals surface area (Å²) < 4.78 is 5.87. The maximum Gasteiger partial charge on any atom is 0.321 e. The molecular formula is C25H39N7O3. The lowest BCUT2D eigenvalue weighted by Crippen LogP contribution is -2.72. The van der Waals surface area contributed by atoms with Gasteiger partial charge in [0.1, 0.15) is 12.1 Å². The van der Waals surface area contributed by atoms with E-state index >= 15 is 0 Å². The predicted molar refractivity (Wildman–Crippen MR) is 129 cm³/mol. The van der Waals surface area contributed by atoms with Crippen molar-refractivity contribution in [2.45, 2.75) is 70.9 Å². The maximum absolute atomic E-state index is 13.1. The standard InChI is InChI=1S/C25H39N7O3/c1-17(2)28-9-11-30(12-10-28)25(34)32-16-21(23(32)14-27)20-15-31(22(20)13-26)24(33)29-7-5-19(6-8-29)35-18(3)4/h17-23H,5-12,15-16H2,1-4H3/t20?,21?,22-,23-/m1/s1. The Bertz CT molecular complexity index is 865. The molecule has 0 aromatic rings. The van der Waals surface area contributed by atoms with Crippen molar-refractivity contribution in [3.8, 4) is 12.1 Å². The molecule has 4 amide bonds. The molecule has 0 N–H and O–H groups in total. The molecule has 0 aliphatic carbocycles. The first-order valence-corrected chi connectivity index (χ1v) is 13.0. The van der Waals surface area contributed by atoms with Crippen LogP contribution in [0, 0.1) is 34.5 Å². The lowest BCUT2D eigenvalue weighted by Gasteiger charge is -2.56. The SMILES string of the molecule is CC(C)OC1CCN(C(=O)N2CC(C3CN(C(=O)N4CCN(C(C)C)CC4)[C@@H]3C#N)[C@H]2C#N)CC1. The van der Waals surface area contributed by atoms with E-state index in [1.165, 1.54) is 0 Å². The zero-order chi connectivity index (χ0) is 25.3. The highest BCUT2D eigenvalue weighted by atomic mass is 16.5. The van der Waals surface area contributed by atoms with Gasteiger partial charge < -0.3 is 24.3 Å². The minimum Gasteiger partial charge on any atom is -0.375 e. The molecule has 10 nitrogen and oxygen atoms in total. The Hall–Kier alpha value is -2.56. The highest BCUT2D eigenvalue weighted by molar-refractivity contribution is 5.78. The van der Waals surface area contributed by atoms with Gasteiger partial charge in [-0.25, -0.2) is 9.59 Å². The number of hydrogen-bond donors (Lipinski definition) is 0. The molecule has 4 atom stereocenters. The van der Waals surface area contributed by atoms with E-state index in [9.17, 15) is 20.1 Å². The lowest BCUT2D eigenvalue weighted by molar-refractivity contribution is -0.0535. The molecule has 0 saturated carbocycles. The first kappa shape index (κ1) is 25.5. The Morgan fingerprint density at radius 2 is 1.23 bits per heavy atom. The van der Waals surface area contributed by atoms with E-state index in [1.807, 2.05) is 23.6 Å². The number of amides is 4. The van der Waals surface area contributed by atoms with E-state index in [1.54, 1.807) is 9.80 Å². The Morgan fingerprint density at radius 3 is 1.63 bits per heavy atom. The average molecular weight is 486 g/mol. The Kier molecular flexibility index (Phi) is 7.73. The van der Waals surface area contributed by atoms with E-state index in [4.69, 9.17) is 4.74 Å². The van der Waals surface area contributed by atoms with E-state index in [2.05, 4.69) is 30.9 Å². The first-order chi connectivity index (χ1) is 16.7. The molecular weight excluding hydrogens is 446 g/mol. The van der Waals surface area contributed by atoms with Gasteiger partial charge in [0.25, 0.3) is 0 Å². The largest absolute Gasteiger partial charge is 0.375 e. The van der Waals surface area contributed by atoms with Gasteiger partial charge in [-0.15, -0.1) is 0 Å². The second-order valence-corrected chi connectivity index (χ2v) is 10.8. The third-order valence-electron chi connectivity index (χ3n) is 8.10. The highest BCUT2D eigenvalue weighted by Gasteiger charge is 2.56. The van der Waals surface area contributed by atoms with Crippen molar-refractivity contribution in [2.75, 3.05) is 52.4 Å². The molecule has 0 radical (unpaired) electrons.